The van der Waals surface area contributed by atoms with Crippen LogP contribution in [0.1, 0.15) is 30.1 Å². The van der Waals surface area contributed by atoms with Crippen molar-refractivity contribution in [1.82, 2.24) is 9.78 Å². The monoisotopic (exact) mass is 442 g/mol. The third kappa shape index (κ3) is 5.41. The molecule has 0 aliphatic heterocycles. The van der Waals surface area contributed by atoms with Crippen LogP contribution in [0.2, 0.25) is 0 Å². The van der Waals surface area contributed by atoms with Crippen molar-refractivity contribution in [3.63, 3.8) is 0 Å². The number of benzene rings is 3. The van der Waals surface area contributed by atoms with Gasteiger partial charge in [-0.05, 0) is 55.0 Å². The quantitative estimate of drug-likeness (QED) is 0.237. The fourth-order valence-electron chi connectivity index (χ4n) is 3.27. The van der Waals surface area contributed by atoms with E-state index in [2.05, 4.69) is 12.0 Å². The largest absolute Gasteiger partial charge is 0.497 e. The van der Waals surface area contributed by atoms with Crippen LogP contribution in [-0.2, 0) is 0 Å². The minimum Gasteiger partial charge on any atom is -0.497 e. The highest BCUT2D eigenvalue weighted by Crippen LogP contribution is 2.28. The molecule has 0 saturated heterocycles. The Morgan fingerprint density at radius 1 is 0.909 bits per heavy atom. The highest BCUT2D eigenvalue weighted by Gasteiger charge is 2.17. The number of nitrogens with zero attached hydrogens (tertiary/aromatic N) is 2. The zero-order valence-electron chi connectivity index (χ0n) is 18.7. The number of rotatable bonds is 9. The van der Waals surface area contributed by atoms with E-state index in [4.69, 9.17) is 14.2 Å². The molecule has 0 radical (unpaired) electrons. The smallest absolute Gasteiger partial charge is 0.344 e. The van der Waals surface area contributed by atoms with Gasteiger partial charge in [-0.1, -0.05) is 43.7 Å². The van der Waals surface area contributed by atoms with Gasteiger partial charge in [0.1, 0.15) is 11.5 Å². The summed E-state index contributed by atoms with van der Waals surface area (Å²) in [7, 11) is 1.61. The normalized spacial score (nSPS) is 10.6. The first-order valence-electron chi connectivity index (χ1n) is 10.9. The molecule has 0 spiro atoms. The molecule has 0 atom stereocenters. The lowest BCUT2D eigenvalue weighted by Crippen LogP contribution is -2.11. The van der Waals surface area contributed by atoms with Crippen LogP contribution in [-0.4, -0.2) is 29.5 Å². The van der Waals surface area contributed by atoms with Crippen molar-refractivity contribution in [2.24, 2.45) is 0 Å². The van der Waals surface area contributed by atoms with Crippen LogP contribution in [0.5, 0.6) is 17.4 Å². The number of hydrogen-bond acceptors (Lipinski definition) is 5. The molecule has 4 aromatic rings. The lowest BCUT2D eigenvalue weighted by molar-refractivity contribution is 0.0723. The van der Waals surface area contributed by atoms with E-state index in [0.29, 0.717) is 23.7 Å². The lowest BCUT2D eigenvalue weighted by atomic mass is 10.2. The fourth-order valence-corrected chi connectivity index (χ4v) is 3.27. The SMILES string of the molecule is CCCCOc1ccc(C(=O)Oc2cc(-c3ccccc3)nn2-c2ccc(OC)cc2)cc1. The number of carbonyl (C=O) groups is 1. The molecule has 3 aromatic carbocycles. The first-order chi connectivity index (χ1) is 16.2. The first-order valence-corrected chi connectivity index (χ1v) is 10.9. The van der Waals surface area contributed by atoms with Gasteiger partial charge in [0, 0.05) is 11.6 Å². The Balaban J connectivity index is 1.60. The first kappa shape index (κ1) is 22.1. The molecule has 0 saturated carbocycles. The standard InChI is InChI=1S/C27H26N2O4/c1-3-4-18-32-24-14-10-21(11-15-24)27(30)33-26-19-25(20-8-6-5-7-9-20)28-29(26)22-12-16-23(31-2)17-13-22/h5-17,19H,3-4,18H2,1-2H3. The number of hydrogen-bond donors (Lipinski definition) is 0. The Labute approximate surface area is 193 Å². The predicted molar refractivity (Wildman–Crippen MR) is 127 cm³/mol. The molecule has 1 heterocycles. The maximum Gasteiger partial charge on any atom is 0.344 e. The molecule has 1 aromatic heterocycles. The zero-order chi connectivity index (χ0) is 23.0. The Kier molecular flexibility index (Phi) is 7.05. The number of methoxy groups -OCH3 is 1. The van der Waals surface area contributed by atoms with Gasteiger partial charge in [0.15, 0.2) is 0 Å². The highest BCUT2D eigenvalue weighted by atomic mass is 16.5. The average Bonchev–Trinajstić information content (AvgIpc) is 3.29. The van der Waals surface area contributed by atoms with Gasteiger partial charge in [0.2, 0.25) is 5.88 Å². The summed E-state index contributed by atoms with van der Waals surface area (Å²) >= 11 is 0. The van der Waals surface area contributed by atoms with Gasteiger partial charge in [-0.25, -0.2) is 4.79 Å². The topological polar surface area (TPSA) is 62.6 Å². The van der Waals surface area contributed by atoms with Crippen LogP contribution >= 0.6 is 0 Å². The van der Waals surface area contributed by atoms with Crippen LogP contribution in [0.15, 0.2) is 84.9 Å². The average molecular weight is 443 g/mol. The van der Waals surface area contributed by atoms with Gasteiger partial charge in [0.25, 0.3) is 0 Å². The maximum absolute atomic E-state index is 12.9. The Morgan fingerprint density at radius 3 is 2.27 bits per heavy atom. The van der Waals surface area contributed by atoms with Gasteiger partial charge in [-0.2, -0.15) is 9.78 Å². The zero-order valence-corrected chi connectivity index (χ0v) is 18.7. The molecule has 0 bridgehead atoms. The Hall–Kier alpha value is -4.06. The molecule has 33 heavy (non-hydrogen) atoms. The second-order valence-corrected chi connectivity index (χ2v) is 7.46. The van der Waals surface area contributed by atoms with Crippen molar-refractivity contribution in [3.05, 3.63) is 90.5 Å². The van der Waals surface area contributed by atoms with Gasteiger partial charge in [-0.3, -0.25) is 0 Å². The summed E-state index contributed by atoms with van der Waals surface area (Å²) in [6.07, 6.45) is 2.06. The van der Waals surface area contributed by atoms with Crippen molar-refractivity contribution in [1.29, 1.82) is 0 Å². The Morgan fingerprint density at radius 2 is 1.61 bits per heavy atom. The molecule has 168 valence electrons. The third-order valence-electron chi connectivity index (χ3n) is 5.12. The summed E-state index contributed by atoms with van der Waals surface area (Å²) in [5.74, 6) is 1.32. The summed E-state index contributed by atoms with van der Waals surface area (Å²) in [5.41, 5.74) is 2.81. The predicted octanol–water partition coefficient (Wildman–Crippen LogP) is 5.95. The fraction of sp³-hybridized carbons (Fsp3) is 0.185. The number of aromatic nitrogens is 2. The summed E-state index contributed by atoms with van der Waals surface area (Å²) < 4.78 is 18.3. The number of esters is 1. The number of carbonyl (C=O) groups excluding carboxylic acids is 1. The molecule has 6 heteroatoms. The van der Waals surface area contributed by atoms with Crippen molar-refractivity contribution < 1.29 is 19.0 Å². The van der Waals surface area contributed by atoms with Crippen molar-refractivity contribution >= 4 is 5.97 Å². The van der Waals surface area contributed by atoms with Crippen molar-refractivity contribution in [3.8, 4) is 34.3 Å². The van der Waals surface area contributed by atoms with E-state index in [1.165, 1.54) is 0 Å². The minimum atomic E-state index is -0.468. The highest BCUT2D eigenvalue weighted by molar-refractivity contribution is 5.91. The second kappa shape index (κ2) is 10.5. The van der Waals surface area contributed by atoms with Gasteiger partial charge in [0.05, 0.1) is 30.7 Å². The summed E-state index contributed by atoms with van der Waals surface area (Å²) in [4.78, 5) is 12.9. The van der Waals surface area contributed by atoms with E-state index in [1.807, 2.05) is 54.6 Å². The molecule has 0 amide bonds. The van der Waals surface area contributed by atoms with Crippen LogP contribution in [0.3, 0.4) is 0 Å². The van der Waals surface area contributed by atoms with E-state index >= 15 is 0 Å². The van der Waals surface area contributed by atoms with Gasteiger partial charge in [-0.15, -0.1) is 0 Å². The van der Waals surface area contributed by atoms with Crippen LogP contribution in [0.25, 0.3) is 16.9 Å². The molecule has 0 aliphatic carbocycles. The van der Waals surface area contributed by atoms with Gasteiger partial charge >= 0.3 is 5.97 Å². The number of unbranched alkanes of at least 4 members (excludes halogenated alkanes) is 1. The Bertz CT molecular complexity index is 1180. The van der Waals surface area contributed by atoms with E-state index < -0.39 is 5.97 Å². The van der Waals surface area contributed by atoms with E-state index in [9.17, 15) is 4.79 Å². The molecular weight excluding hydrogens is 416 g/mol. The number of ether oxygens (including phenoxy) is 3. The molecule has 0 unspecified atom stereocenters. The lowest BCUT2D eigenvalue weighted by Gasteiger charge is -2.09. The van der Waals surface area contributed by atoms with Crippen LogP contribution < -0.4 is 14.2 Å². The van der Waals surface area contributed by atoms with Crippen LogP contribution in [0, 0.1) is 0 Å². The molecule has 0 fully saturated rings. The molecular formula is C27H26N2O4. The minimum absolute atomic E-state index is 0.326. The van der Waals surface area contributed by atoms with Crippen LogP contribution in [0.4, 0.5) is 0 Å². The molecule has 0 aliphatic rings. The maximum atomic E-state index is 12.9. The van der Waals surface area contributed by atoms with Crippen molar-refractivity contribution in [2.45, 2.75) is 19.8 Å². The van der Waals surface area contributed by atoms with E-state index in [-0.39, 0.29) is 0 Å². The third-order valence-corrected chi connectivity index (χ3v) is 5.12. The van der Waals surface area contributed by atoms with E-state index in [1.54, 1.807) is 42.1 Å². The molecule has 0 N–H and O–H groups in total. The van der Waals surface area contributed by atoms with Crippen molar-refractivity contribution in [2.75, 3.05) is 13.7 Å². The molecule has 6 nitrogen and oxygen atoms in total. The van der Waals surface area contributed by atoms with E-state index in [0.717, 1.165) is 35.6 Å². The van der Waals surface area contributed by atoms with Gasteiger partial charge < -0.3 is 14.2 Å². The second-order valence-electron chi connectivity index (χ2n) is 7.46. The molecule has 4 rings (SSSR count). The summed E-state index contributed by atoms with van der Waals surface area (Å²) in [5, 5.41) is 4.69. The summed E-state index contributed by atoms with van der Waals surface area (Å²) in [6.45, 7) is 2.77. The summed E-state index contributed by atoms with van der Waals surface area (Å²) in [6, 6.07) is 25.9.